The number of ether oxygens (including phenoxy) is 1. The number of fused-ring (bicyclic) bond motifs is 1. The first-order valence-corrected chi connectivity index (χ1v) is 8.29. The van der Waals surface area contributed by atoms with Gasteiger partial charge in [0.25, 0.3) is 0 Å². The lowest BCUT2D eigenvalue weighted by Gasteiger charge is -2.23. The Kier molecular flexibility index (Phi) is 4.39. The molecule has 2 aliphatic rings. The molecule has 0 bridgehead atoms. The third-order valence-electron chi connectivity index (χ3n) is 5.06. The fraction of sp³-hybridized carbons (Fsp3) is 0.611. The van der Waals surface area contributed by atoms with Crippen LogP contribution in [0.1, 0.15) is 43.0 Å². The van der Waals surface area contributed by atoms with Crippen LogP contribution in [0.5, 0.6) is 0 Å². The van der Waals surface area contributed by atoms with E-state index in [0.717, 1.165) is 26.1 Å². The second-order valence-corrected chi connectivity index (χ2v) is 6.89. The predicted octanol–water partition coefficient (Wildman–Crippen LogP) is 2.95. The highest BCUT2D eigenvalue weighted by Crippen LogP contribution is 2.36. The monoisotopic (exact) mass is 302 g/mol. The molecule has 1 aromatic carbocycles. The molecule has 0 spiro atoms. The molecular formula is C18H26N2O2. The summed E-state index contributed by atoms with van der Waals surface area (Å²) in [6.07, 6.45) is 2.07. The van der Waals surface area contributed by atoms with Gasteiger partial charge in [-0.1, -0.05) is 30.7 Å². The molecule has 0 aromatic heterocycles. The highest BCUT2D eigenvalue weighted by Gasteiger charge is 2.31. The van der Waals surface area contributed by atoms with Gasteiger partial charge in [0.05, 0.1) is 12.6 Å². The molecule has 1 fully saturated rings. The Labute approximate surface area is 132 Å². The van der Waals surface area contributed by atoms with E-state index in [0.29, 0.717) is 11.8 Å². The van der Waals surface area contributed by atoms with Crippen LogP contribution in [0.4, 0.5) is 4.79 Å². The number of urea groups is 1. The predicted molar refractivity (Wildman–Crippen MR) is 86.8 cm³/mol. The Morgan fingerprint density at radius 3 is 2.95 bits per heavy atom. The van der Waals surface area contributed by atoms with Crippen molar-refractivity contribution >= 4 is 6.03 Å². The van der Waals surface area contributed by atoms with Crippen LogP contribution >= 0.6 is 0 Å². The molecule has 1 heterocycles. The number of hydrogen-bond donors (Lipinski definition) is 2. The number of aryl methyl sites for hydroxylation is 1. The van der Waals surface area contributed by atoms with Crippen LogP contribution < -0.4 is 10.6 Å². The van der Waals surface area contributed by atoms with Gasteiger partial charge in [-0.3, -0.25) is 0 Å². The topological polar surface area (TPSA) is 50.4 Å². The standard InChI is InChI=1S/C18H26N2O2/c1-11-4-5-14-9-12(2)17(16(14)8-11)20-18(21)19-13(3)15-6-7-22-10-15/h4-5,8,12-13,15,17H,6-7,9-10H2,1-3H3,(H2,19,20,21)/t12-,13-,15+,17-/m1/s1. The summed E-state index contributed by atoms with van der Waals surface area (Å²) in [7, 11) is 0. The number of nitrogens with one attached hydrogen (secondary N) is 2. The van der Waals surface area contributed by atoms with Crippen molar-refractivity contribution in [3.8, 4) is 0 Å². The molecule has 2 N–H and O–H groups in total. The maximum absolute atomic E-state index is 12.3. The van der Waals surface area contributed by atoms with E-state index in [-0.39, 0.29) is 18.1 Å². The van der Waals surface area contributed by atoms with Gasteiger partial charge < -0.3 is 15.4 Å². The lowest BCUT2D eigenvalue weighted by atomic mass is 10.0. The number of rotatable bonds is 3. The van der Waals surface area contributed by atoms with Crippen LogP contribution in [0.2, 0.25) is 0 Å². The van der Waals surface area contributed by atoms with E-state index in [1.807, 2.05) is 0 Å². The summed E-state index contributed by atoms with van der Waals surface area (Å²) in [5, 5.41) is 6.26. The van der Waals surface area contributed by atoms with E-state index in [1.165, 1.54) is 16.7 Å². The highest BCUT2D eigenvalue weighted by molar-refractivity contribution is 5.75. The second-order valence-electron chi connectivity index (χ2n) is 6.89. The van der Waals surface area contributed by atoms with Gasteiger partial charge in [0, 0.05) is 18.6 Å². The first-order chi connectivity index (χ1) is 10.5. The number of benzene rings is 1. The Balaban J connectivity index is 1.63. The van der Waals surface area contributed by atoms with Crippen molar-refractivity contribution in [1.29, 1.82) is 0 Å². The van der Waals surface area contributed by atoms with E-state index >= 15 is 0 Å². The van der Waals surface area contributed by atoms with Crippen LogP contribution in [0.3, 0.4) is 0 Å². The van der Waals surface area contributed by atoms with E-state index in [4.69, 9.17) is 4.74 Å². The van der Waals surface area contributed by atoms with Crippen molar-refractivity contribution in [2.75, 3.05) is 13.2 Å². The lowest BCUT2D eigenvalue weighted by Crippen LogP contribution is -2.45. The van der Waals surface area contributed by atoms with Gasteiger partial charge in [-0.05, 0) is 43.7 Å². The first kappa shape index (κ1) is 15.3. The van der Waals surface area contributed by atoms with Gasteiger partial charge in [-0.2, -0.15) is 0 Å². The summed E-state index contributed by atoms with van der Waals surface area (Å²) in [6, 6.07) is 6.75. The van der Waals surface area contributed by atoms with Gasteiger partial charge in [0.15, 0.2) is 0 Å². The molecule has 0 radical (unpaired) electrons. The lowest BCUT2D eigenvalue weighted by molar-refractivity contribution is 0.177. The molecular weight excluding hydrogens is 276 g/mol. The van der Waals surface area contributed by atoms with E-state index in [9.17, 15) is 4.79 Å². The molecule has 1 aliphatic heterocycles. The van der Waals surface area contributed by atoms with Crippen LogP contribution in [-0.2, 0) is 11.2 Å². The Bertz CT molecular complexity index is 552. The van der Waals surface area contributed by atoms with Crippen molar-refractivity contribution in [3.63, 3.8) is 0 Å². The van der Waals surface area contributed by atoms with Gasteiger partial charge in [0.1, 0.15) is 0 Å². The van der Waals surface area contributed by atoms with Crippen LogP contribution in [0.25, 0.3) is 0 Å². The quantitative estimate of drug-likeness (QED) is 0.902. The Morgan fingerprint density at radius 2 is 2.23 bits per heavy atom. The van der Waals surface area contributed by atoms with Crippen LogP contribution in [0.15, 0.2) is 18.2 Å². The largest absolute Gasteiger partial charge is 0.381 e. The third-order valence-corrected chi connectivity index (χ3v) is 5.06. The highest BCUT2D eigenvalue weighted by atomic mass is 16.5. The van der Waals surface area contributed by atoms with E-state index in [2.05, 4.69) is 49.6 Å². The van der Waals surface area contributed by atoms with Crippen LogP contribution in [0, 0.1) is 18.8 Å². The number of amides is 2. The number of carbonyl (C=O) groups excluding carboxylic acids is 1. The zero-order valence-corrected chi connectivity index (χ0v) is 13.7. The summed E-state index contributed by atoms with van der Waals surface area (Å²) in [5.74, 6) is 0.869. The summed E-state index contributed by atoms with van der Waals surface area (Å²) in [5.41, 5.74) is 3.89. The summed E-state index contributed by atoms with van der Waals surface area (Å²) < 4.78 is 5.40. The molecule has 0 unspecified atom stereocenters. The van der Waals surface area contributed by atoms with E-state index in [1.54, 1.807) is 0 Å². The Morgan fingerprint density at radius 1 is 1.41 bits per heavy atom. The minimum Gasteiger partial charge on any atom is -0.381 e. The van der Waals surface area contributed by atoms with Crippen LogP contribution in [-0.4, -0.2) is 25.3 Å². The summed E-state index contributed by atoms with van der Waals surface area (Å²) >= 11 is 0. The van der Waals surface area contributed by atoms with Crippen molar-refractivity contribution in [1.82, 2.24) is 10.6 Å². The fourth-order valence-corrected chi connectivity index (χ4v) is 3.64. The maximum atomic E-state index is 12.3. The maximum Gasteiger partial charge on any atom is 0.315 e. The van der Waals surface area contributed by atoms with Crippen molar-refractivity contribution in [2.45, 2.75) is 45.7 Å². The fourth-order valence-electron chi connectivity index (χ4n) is 3.64. The summed E-state index contributed by atoms with van der Waals surface area (Å²) in [6.45, 7) is 7.93. The SMILES string of the molecule is Cc1ccc2c(c1)[C@H](NC(=O)N[C@H](C)[C@H]1CCOC1)[C@H](C)C2. The van der Waals surface area contributed by atoms with Gasteiger partial charge in [0.2, 0.25) is 0 Å². The third kappa shape index (κ3) is 3.12. The average molecular weight is 302 g/mol. The van der Waals surface area contributed by atoms with Crippen molar-refractivity contribution < 1.29 is 9.53 Å². The van der Waals surface area contributed by atoms with Gasteiger partial charge >= 0.3 is 6.03 Å². The molecule has 1 aromatic rings. The molecule has 4 nitrogen and oxygen atoms in total. The molecule has 22 heavy (non-hydrogen) atoms. The smallest absolute Gasteiger partial charge is 0.315 e. The number of carbonyl (C=O) groups is 1. The first-order valence-electron chi connectivity index (χ1n) is 8.29. The molecule has 3 rings (SSSR count). The molecule has 4 atom stereocenters. The molecule has 120 valence electrons. The number of hydrogen-bond acceptors (Lipinski definition) is 2. The normalized spacial score (nSPS) is 28.2. The van der Waals surface area contributed by atoms with Crippen molar-refractivity contribution in [3.05, 3.63) is 34.9 Å². The summed E-state index contributed by atoms with van der Waals surface area (Å²) in [4.78, 5) is 12.3. The molecule has 4 heteroatoms. The van der Waals surface area contributed by atoms with Gasteiger partial charge in [-0.15, -0.1) is 0 Å². The van der Waals surface area contributed by atoms with Gasteiger partial charge in [-0.25, -0.2) is 4.79 Å². The zero-order chi connectivity index (χ0) is 15.7. The second kappa shape index (κ2) is 6.29. The zero-order valence-electron chi connectivity index (χ0n) is 13.7. The van der Waals surface area contributed by atoms with Crippen molar-refractivity contribution in [2.24, 2.45) is 11.8 Å². The molecule has 0 saturated carbocycles. The Hall–Kier alpha value is -1.55. The average Bonchev–Trinajstić information content (AvgIpc) is 3.09. The molecule has 2 amide bonds. The minimum absolute atomic E-state index is 0.0643. The van der Waals surface area contributed by atoms with E-state index < -0.39 is 0 Å². The molecule has 1 aliphatic carbocycles. The molecule has 1 saturated heterocycles. The minimum atomic E-state index is -0.0643.